The Morgan fingerprint density at radius 2 is 2.00 bits per heavy atom. The van der Waals surface area contributed by atoms with Crippen LogP contribution in [-0.4, -0.2) is 42.8 Å². The minimum Gasteiger partial charge on any atom is -0.460 e. The fourth-order valence-corrected chi connectivity index (χ4v) is 6.81. The van der Waals surface area contributed by atoms with Gasteiger partial charge in [0, 0.05) is 30.3 Å². The molecule has 0 spiro atoms. The van der Waals surface area contributed by atoms with Crippen molar-refractivity contribution in [3.63, 3.8) is 0 Å². The van der Waals surface area contributed by atoms with E-state index in [1.165, 1.54) is 7.11 Å². The number of aliphatic hydroxyl groups excluding tert-OH is 1. The zero-order valence-electron chi connectivity index (χ0n) is 18.0. The Bertz CT molecular complexity index is 659. The molecule has 0 radical (unpaired) electrons. The number of aliphatic hydroxyl groups is 1. The largest absolute Gasteiger partial charge is 0.460 e. The fourth-order valence-electron chi connectivity index (χ4n) is 6.81. The molecule has 5 nitrogen and oxygen atoms in total. The molecule has 0 heterocycles. The first-order valence-electron chi connectivity index (χ1n) is 10.6. The van der Waals surface area contributed by atoms with Crippen molar-refractivity contribution in [3.8, 4) is 0 Å². The lowest BCUT2D eigenvalue weighted by Crippen LogP contribution is -2.63. The number of ketones is 1. The van der Waals surface area contributed by atoms with Gasteiger partial charge in [0.25, 0.3) is 0 Å². The van der Waals surface area contributed by atoms with E-state index in [1.807, 2.05) is 13.0 Å². The van der Waals surface area contributed by atoms with Crippen LogP contribution in [0.3, 0.4) is 0 Å². The van der Waals surface area contributed by atoms with Crippen molar-refractivity contribution in [2.75, 3.05) is 13.7 Å². The molecular weight excluding hydrogens is 356 g/mol. The molecule has 0 amide bonds. The Labute approximate surface area is 168 Å². The summed E-state index contributed by atoms with van der Waals surface area (Å²) < 4.78 is 11.0. The average molecular weight is 393 g/mol. The molecule has 3 saturated carbocycles. The summed E-state index contributed by atoms with van der Waals surface area (Å²) in [6, 6.07) is 0. The van der Waals surface area contributed by atoms with Crippen molar-refractivity contribution in [1.82, 2.24) is 0 Å². The van der Waals surface area contributed by atoms with Gasteiger partial charge in [-0.1, -0.05) is 33.8 Å². The molecule has 0 aliphatic heterocycles. The zero-order chi connectivity index (χ0) is 20.9. The summed E-state index contributed by atoms with van der Waals surface area (Å²) in [5, 5.41) is 11.4. The van der Waals surface area contributed by atoms with Gasteiger partial charge in [-0.15, -0.1) is 6.58 Å². The van der Waals surface area contributed by atoms with E-state index in [-0.39, 0.29) is 35.6 Å². The summed E-state index contributed by atoms with van der Waals surface area (Å²) in [7, 11) is 1.47. The molecule has 3 fully saturated rings. The molecule has 158 valence electrons. The maximum atomic E-state index is 13.2. The second-order valence-electron chi connectivity index (χ2n) is 10.00. The van der Waals surface area contributed by atoms with Gasteiger partial charge < -0.3 is 14.6 Å². The predicted molar refractivity (Wildman–Crippen MR) is 107 cm³/mol. The lowest BCUT2D eigenvalue weighted by molar-refractivity contribution is -0.208. The Balaban J connectivity index is 2.17. The predicted octanol–water partition coefficient (Wildman–Crippen LogP) is 3.54. The van der Waals surface area contributed by atoms with E-state index in [2.05, 4.69) is 27.4 Å². The molecule has 3 aliphatic rings. The van der Waals surface area contributed by atoms with Crippen LogP contribution >= 0.6 is 0 Å². The molecule has 0 aromatic rings. The van der Waals surface area contributed by atoms with Crippen molar-refractivity contribution in [2.45, 2.75) is 72.0 Å². The SMILES string of the molecule is C=C[C@]1(C)C[C@@H](OC(=O)COC)[C@]2(C)C(C)CC[C@]3(CCC(=O)[C@H]32)[C@@H](C)[C@@H]1O. The summed E-state index contributed by atoms with van der Waals surface area (Å²) in [6.45, 7) is 12.3. The van der Waals surface area contributed by atoms with Crippen molar-refractivity contribution in [3.05, 3.63) is 12.7 Å². The molecule has 0 aromatic carbocycles. The van der Waals surface area contributed by atoms with Crippen LogP contribution in [0.15, 0.2) is 12.7 Å². The average Bonchev–Trinajstić information content (AvgIpc) is 3.01. The number of ether oxygens (including phenoxy) is 2. The normalized spacial score (nSPS) is 48.4. The third-order valence-electron chi connectivity index (χ3n) is 8.84. The van der Waals surface area contributed by atoms with E-state index in [9.17, 15) is 14.7 Å². The number of carbonyl (C=O) groups is 2. The lowest BCUT2D eigenvalue weighted by Gasteiger charge is -2.61. The van der Waals surface area contributed by atoms with Gasteiger partial charge in [-0.25, -0.2) is 4.79 Å². The van der Waals surface area contributed by atoms with E-state index in [0.717, 1.165) is 19.3 Å². The number of hydrogen-bond acceptors (Lipinski definition) is 5. The zero-order valence-corrected chi connectivity index (χ0v) is 18.0. The third-order valence-corrected chi connectivity index (χ3v) is 8.84. The molecule has 2 bridgehead atoms. The molecule has 3 aliphatic carbocycles. The second kappa shape index (κ2) is 7.24. The maximum absolute atomic E-state index is 13.2. The topological polar surface area (TPSA) is 72.8 Å². The molecule has 28 heavy (non-hydrogen) atoms. The fraction of sp³-hybridized carbons (Fsp3) is 0.826. The van der Waals surface area contributed by atoms with Crippen LogP contribution in [0.5, 0.6) is 0 Å². The first kappa shape index (κ1) is 21.5. The molecule has 0 saturated heterocycles. The summed E-state index contributed by atoms with van der Waals surface area (Å²) in [5.74, 6) is -0.123. The minimum absolute atomic E-state index is 0.0191. The van der Waals surface area contributed by atoms with Gasteiger partial charge in [0.15, 0.2) is 0 Å². The first-order chi connectivity index (χ1) is 13.1. The monoisotopic (exact) mass is 392 g/mol. The van der Waals surface area contributed by atoms with Gasteiger partial charge in [-0.2, -0.15) is 0 Å². The number of rotatable bonds is 4. The summed E-state index contributed by atoms with van der Waals surface area (Å²) in [5.41, 5.74) is -1.30. The third kappa shape index (κ3) is 2.88. The molecule has 3 rings (SSSR count). The van der Waals surface area contributed by atoms with Crippen molar-refractivity contribution >= 4 is 11.8 Å². The smallest absolute Gasteiger partial charge is 0.332 e. The van der Waals surface area contributed by atoms with Crippen molar-refractivity contribution in [2.24, 2.45) is 34.0 Å². The van der Waals surface area contributed by atoms with E-state index in [4.69, 9.17) is 9.47 Å². The Hall–Kier alpha value is -1.20. The van der Waals surface area contributed by atoms with Crippen LogP contribution in [-0.2, 0) is 19.1 Å². The molecule has 5 heteroatoms. The molecule has 8 atom stereocenters. The quantitative estimate of drug-likeness (QED) is 0.585. The number of Topliss-reactive ketones (excluding diaryl/α,β-unsaturated/α-hetero) is 1. The highest BCUT2D eigenvalue weighted by molar-refractivity contribution is 5.85. The summed E-state index contributed by atoms with van der Waals surface area (Å²) in [6.07, 6.45) is 4.42. The van der Waals surface area contributed by atoms with Crippen LogP contribution in [0, 0.1) is 34.0 Å². The maximum Gasteiger partial charge on any atom is 0.332 e. The molecule has 1 N–H and O–H groups in total. The number of hydrogen-bond donors (Lipinski definition) is 1. The van der Waals surface area contributed by atoms with E-state index < -0.39 is 29.0 Å². The first-order valence-corrected chi connectivity index (χ1v) is 10.6. The van der Waals surface area contributed by atoms with Crippen LogP contribution in [0.25, 0.3) is 0 Å². The minimum atomic E-state index is -0.639. The van der Waals surface area contributed by atoms with Gasteiger partial charge in [-0.3, -0.25) is 4.79 Å². The highest BCUT2D eigenvalue weighted by Crippen LogP contribution is 2.67. The number of carbonyl (C=O) groups excluding carboxylic acids is 2. The second-order valence-corrected chi connectivity index (χ2v) is 10.00. The molecular formula is C23H36O5. The summed E-state index contributed by atoms with van der Waals surface area (Å²) >= 11 is 0. The Morgan fingerprint density at radius 3 is 2.61 bits per heavy atom. The van der Waals surface area contributed by atoms with Gasteiger partial charge in [-0.05, 0) is 42.9 Å². The van der Waals surface area contributed by atoms with E-state index in [0.29, 0.717) is 12.8 Å². The van der Waals surface area contributed by atoms with Crippen molar-refractivity contribution < 1.29 is 24.2 Å². The lowest BCUT2D eigenvalue weighted by atomic mass is 9.44. The van der Waals surface area contributed by atoms with Crippen LogP contribution in [0.1, 0.15) is 59.8 Å². The standard InChI is InChI=1S/C23H36O5/c1-7-21(4)12-17(28-18(25)13-27-6)22(5)14(2)8-10-23(15(3)20(21)26)11-9-16(24)19(22)23/h7,14-15,17,19-20,26H,1,8-13H2,2-6H3/t14?,15-,17+,19-,20-,21+,22-,23-/m0/s1. The van der Waals surface area contributed by atoms with Crippen LogP contribution < -0.4 is 0 Å². The highest BCUT2D eigenvalue weighted by atomic mass is 16.6. The van der Waals surface area contributed by atoms with E-state index >= 15 is 0 Å². The van der Waals surface area contributed by atoms with E-state index in [1.54, 1.807) is 0 Å². The molecule has 0 aromatic heterocycles. The van der Waals surface area contributed by atoms with Gasteiger partial charge in [0.2, 0.25) is 0 Å². The van der Waals surface area contributed by atoms with Crippen LogP contribution in [0.4, 0.5) is 0 Å². The Morgan fingerprint density at radius 1 is 1.32 bits per heavy atom. The van der Waals surface area contributed by atoms with Gasteiger partial charge >= 0.3 is 5.97 Å². The van der Waals surface area contributed by atoms with Crippen LogP contribution in [0.2, 0.25) is 0 Å². The van der Waals surface area contributed by atoms with Crippen molar-refractivity contribution in [1.29, 1.82) is 0 Å². The number of esters is 1. The van der Waals surface area contributed by atoms with Gasteiger partial charge in [0.05, 0.1) is 6.10 Å². The summed E-state index contributed by atoms with van der Waals surface area (Å²) in [4.78, 5) is 25.6. The number of methoxy groups -OCH3 is 1. The Kier molecular flexibility index (Phi) is 5.56. The molecule has 1 unspecified atom stereocenters. The van der Waals surface area contributed by atoms with Gasteiger partial charge in [0.1, 0.15) is 18.5 Å². The highest BCUT2D eigenvalue weighted by Gasteiger charge is 2.68.